The van der Waals surface area contributed by atoms with Crippen molar-refractivity contribution in [2.45, 2.75) is 250 Å². The lowest BCUT2D eigenvalue weighted by atomic mass is 9.81. The summed E-state index contributed by atoms with van der Waals surface area (Å²) in [6, 6.07) is -6.10. The molecule has 596 valence electrons. The van der Waals surface area contributed by atoms with Gasteiger partial charge in [0.15, 0.2) is 0 Å². The number of hydrogen-bond acceptors (Lipinski definition) is 13. The fourth-order valence-corrected chi connectivity index (χ4v) is 15.9. The Morgan fingerprint density at radius 1 is 0.613 bits per heavy atom. The second-order valence-electron chi connectivity index (χ2n) is 31.7. The van der Waals surface area contributed by atoms with Crippen LogP contribution in [0.25, 0.3) is 0 Å². The van der Waals surface area contributed by atoms with Crippen molar-refractivity contribution in [3.05, 3.63) is 34.3 Å². The van der Waals surface area contributed by atoms with Gasteiger partial charge in [0, 0.05) is 76.1 Å². The largest absolute Gasteiger partial charge is 0.417 e. The van der Waals surface area contributed by atoms with E-state index in [1.807, 2.05) is 34.6 Å². The van der Waals surface area contributed by atoms with Crippen LogP contribution in [0.1, 0.15) is 200 Å². The second kappa shape index (κ2) is 40.4. The van der Waals surface area contributed by atoms with E-state index < -0.39 is 180 Å². The van der Waals surface area contributed by atoms with Gasteiger partial charge in [-0.3, -0.25) is 57.5 Å². The molecule has 0 bridgehead atoms. The molecule has 12 amide bonds. The first-order valence-electron chi connectivity index (χ1n) is 38.6. The molecule has 1 aromatic carbocycles. The number of carbonyl (C=O) groups is 12. The SMILES string of the molecule is CC[C@H](C)[C@@H]1NC(=O)[C@H](CC(C)C)N(C)C(=O)C[C@@H](C(=O)N2CCCCC2)N(C)C(=O)[C@H](C2CCCCC2)N(C)C(=O)C2(CCCC2)NC(=O)[C@H](COCCC(C)C)N(C)C(=O)[C@H](CCc2ccc(C(F)(F)F)c(Cl)c2)NC(=O)CN(C)C(=O)[C@H](CC2CCCCC2)N(C)C(=O)CN(C)C(=O)CN(C)C1=O. The van der Waals surface area contributed by atoms with Crippen LogP contribution in [0.4, 0.5) is 13.2 Å². The number of piperidine rings is 1. The highest BCUT2D eigenvalue weighted by Gasteiger charge is 2.51. The van der Waals surface area contributed by atoms with Crippen LogP contribution in [0.15, 0.2) is 18.2 Å². The molecule has 29 heteroatoms. The van der Waals surface area contributed by atoms with E-state index in [1.165, 1.54) is 82.0 Å². The summed E-state index contributed by atoms with van der Waals surface area (Å²) in [5.41, 5.74) is -2.48. The number of alkyl halides is 3. The lowest BCUT2D eigenvalue weighted by Gasteiger charge is -2.43. The number of likely N-dealkylation sites (N-methyl/N-ethyl adjacent to an activating group) is 8. The van der Waals surface area contributed by atoms with Gasteiger partial charge >= 0.3 is 6.18 Å². The highest BCUT2D eigenvalue weighted by Crippen LogP contribution is 2.38. The van der Waals surface area contributed by atoms with Gasteiger partial charge in [0.05, 0.1) is 43.2 Å². The highest BCUT2D eigenvalue weighted by molar-refractivity contribution is 6.31. The van der Waals surface area contributed by atoms with Crippen molar-refractivity contribution in [2.24, 2.45) is 29.6 Å². The molecule has 106 heavy (non-hydrogen) atoms. The van der Waals surface area contributed by atoms with Gasteiger partial charge in [0.25, 0.3) is 0 Å². The summed E-state index contributed by atoms with van der Waals surface area (Å²) < 4.78 is 48.1. The molecule has 8 atom stereocenters. The van der Waals surface area contributed by atoms with Crippen molar-refractivity contribution in [3.63, 3.8) is 0 Å². The first-order chi connectivity index (χ1) is 49.9. The zero-order valence-electron chi connectivity index (χ0n) is 65.4. The van der Waals surface area contributed by atoms with Crippen molar-refractivity contribution >= 4 is 82.5 Å². The van der Waals surface area contributed by atoms with Crippen LogP contribution in [0.3, 0.4) is 0 Å². The molecule has 0 unspecified atom stereocenters. The van der Waals surface area contributed by atoms with E-state index in [1.54, 1.807) is 11.8 Å². The monoisotopic (exact) mass is 1510 g/mol. The number of carbonyl (C=O) groups excluding carboxylic acids is 12. The summed E-state index contributed by atoms with van der Waals surface area (Å²) in [5, 5.41) is 8.14. The Kier molecular flexibility index (Phi) is 33.4. The maximum Gasteiger partial charge on any atom is 0.417 e. The minimum Gasteiger partial charge on any atom is -0.379 e. The van der Waals surface area contributed by atoms with E-state index in [9.17, 15) is 41.9 Å². The Bertz CT molecular complexity index is 3210. The quantitative estimate of drug-likeness (QED) is 0.137. The lowest BCUT2D eigenvalue weighted by molar-refractivity contribution is -0.157. The molecule has 1 aromatic rings. The number of amides is 12. The van der Waals surface area contributed by atoms with Crippen LogP contribution in [0.2, 0.25) is 5.02 Å². The maximum absolute atomic E-state index is 15.9. The van der Waals surface area contributed by atoms with Crippen molar-refractivity contribution < 1.29 is 75.4 Å². The summed E-state index contributed by atoms with van der Waals surface area (Å²) in [4.78, 5) is 192. The number of nitrogens with one attached hydrogen (secondary N) is 3. The molecule has 3 saturated carbocycles. The Morgan fingerprint density at radius 2 is 1.20 bits per heavy atom. The molecule has 2 aliphatic heterocycles. The Hall–Kier alpha value is -7.10. The van der Waals surface area contributed by atoms with Crippen LogP contribution in [-0.4, -0.2) is 265 Å². The van der Waals surface area contributed by atoms with Gasteiger partial charge in [-0.05, 0) is 124 Å². The number of ether oxygens (including phenoxy) is 1. The molecule has 0 aromatic heterocycles. The van der Waals surface area contributed by atoms with Crippen LogP contribution in [0, 0.1) is 29.6 Å². The van der Waals surface area contributed by atoms with E-state index in [4.69, 9.17) is 16.3 Å². The standard InChI is InChI=1S/C77H122ClF3N12O13/c1-15-51(6)66-73(103)87(9)46-64(96)85(7)47-65(97)89(11)59(43-52-27-19-16-20-28-52)71(101)86(8)45-62(94)82-57(34-32-53-31-33-55(56(78)42-53)77(79,80)81)70(100)91(13)61(48-106-40-35-49(2)3)69(99)84-76(36-23-24-37-76)75(105)92(14)67(54-29-21-17-22-30-54)74(104)90(12)60(72(102)93-38-25-18-26-39-93)44-63(95)88(10)58(41-50(4)5)68(98)83-66/h31,33,42,49-52,54,57-61,66-67H,15-30,32,34-41,43-48H2,1-14H3,(H,82,94)(H,83,98)(H,84,99)/t51-,57-,58-,59-,60-,61-,66-,67-/m0/s1. The lowest BCUT2D eigenvalue weighted by Crippen LogP contribution is -2.66. The van der Waals surface area contributed by atoms with Crippen LogP contribution in [0.5, 0.6) is 0 Å². The third kappa shape index (κ3) is 23.7. The molecular formula is C77H122ClF3N12O13. The van der Waals surface area contributed by atoms with E-state index in [0.29, 0.717) is 64.5 Å². The van der Waals surface area contributed by atoms with Crippen molar-refractivity contribution in [1.29, 1.82) is 0 Å². The number of nitrogens with zero attached hydrogens (tertiary/aromatic N) is 9. The molecular weight excluding hydrogens is 1390 g/mol. The number of rotatable bonds is 16. The van der Waals surface area contributed by atoms with Gasteiger partial charge in [0.2, 0.25) is 70.9 Å². The van der Waals surface area contributed by atoms with Gasteiger partial charge in [-0.1, -0.05) is 130 Å². The molecule has 2 heterocycles. The Labute approximate surface area is 631 Å². The first kappa shape index (κ1) is 87.8. The summed E-state index contributed by atoms with van der Waals surface area (Å²) in [7, 11) is 11.3. The third-order valence-electron chi connectivity index (χ3n) is 22.7. The average Bonchev–Trinajstić information content (AvgIpc) is 1.37. The van der Waals surface area contributed by atoms with Gasteiger partial charge in [-0.15, -0.1) is 0 Å². The van der Waals surface area contributed by atoms with Gasteiger partial charge in [0.1, 0.15) is 47.8 Å². The second-order valence-corrected chi connectivity index (χ2v) is 32.1. The van der Waals surface area contributed by atoms with Crippen molar-refractivity contribution in [3.8, 4) is 0 Å². The zero-order chi connectivity index (χ0) is 78.7. The number of halogens is 4. The van der Waals surface area contributed by atoms with Crippen LogP contribution in [-0.2, 0) is 74.9 Å². The molecule has 3 aliphatic carbocycles. The predicted octanol–water partition coefficient (Wildman–Crippen LogP) is 7.32. The topological polar surface area (TPSA) is 279 Å². The fraction of sp³-hybridized carbons (Fsp3) is 0.766. The van der Waals surface area contributed by atoms with Crippen LogP contribution < -0.4 is 16.0 Å². The number of benzene rings is 1. The third-order valence-corrected chi connectivity index (χ3v) is 23.1. The highest BCUT2D eigenvalue weighted by atomic mass is 35.5. The molecule has 3 N–H and O–H groups in total. The predicted molar refractivity (Wildman–Crippen MR) is 396 cm³/mol. The Morgan fingerprint density at radius 3 is 1.78 bits per heavy atom. The number of aryl methyl sites for hydroxylation is 1. The van der Waals surface area contributed by atoms with E-state index in [0.717, 1.165) is 89.5 Å². The molecule has 1 spiro atoms. The molecule has 5 fully saturated rings. The van der Waals surface area contributed by atoms with E-state index in [-0.39, 0.29) is 68.4 Å². The minimum atomic E-state index is -4.78. The Balaban J connectivity index is 1.48. The molecule has 6 rings (SSSR count). The molecule has 25 nitrogen and oxygen atoms in total. The van der Waals surface area contributed by atoms with E-state index in [2.05, 4.69) is 16.0 Å². The normalized spacial score (nSPS) is 25.6. The zero-order valence-corrected chi connectivity index (χ0v) is 66.2. The molecule has 2 saturated heterocycles. The average molecular weight is 1520 g/mol. The molecule has 0 radical (unpaired) electrons. The summed E-state index contributed by atoms with van der Waals surface area (Å²) >= 11 is 6.20. The van der Waals surface area contributed by atoms with Gasteiger partial charge in [-0.25, -0.2) is 0 Å². The summed E-state index contributed by atoms with van der Waals surface area (Å²) in [6.07, 6.45) is 6.60. The maximum atomic E-state index is 15.9. The summed E-state index contributed by atoms with van der Waals surface area (Å²) in [5.74, 6) is -9.07. The minimum absolute atomic E-state index is 0.000810. The number of hydrogen-bond donors (Lipinski definition) is 3. The smallest absolute Gasteiger partial charge is 0.379 e. The van der Waals surface area contributed by atoms with Crippen LogP contribution >= 0.6 is 11.6 Å². The first-order valence-corrected chi connectivity index (χ1v) is 39.0. The number of likely N-dealkylation sites (tertiary alicyclic amines) is 1. The van der Waals surface area contributed by atoms with Crippen molar-refractivity contribution in [2.75, 3.05) is 102 Å². The van der Waals surface area contributed by atoms with Gasteiger partial charge < -0.3 is 64.8 Å². The van der Waals surface area contributed by atoms with Gasteiger partial charge in [-0.2, -0.15) is 13.2 Å². The summed E-state index contributed by atoms with van der Waals surface area (Å²) in [6.45, 7) is 10.0. The van der Waals surface area contributed by atoms with E-state index >= 15 is 28.8 Å². The fourth-order valence-electron chi connectivity index (χ4n) is 15.6. The molecule has 5 aliphatic rings. The van der Waals surface area contributed by atoms with Crippen molar-refractivity contribution in [1.82, 2.24) is 60.0 Å².